The molecule has 0 radical (unpaired) electrons. The summed E-state index contributed by atoms with van der Waals surface area (Å²) in [7, 11) is 0. The number of aromatic nitrogens is 5. The quantitative estimate of drug-likeness (QED) is 0.0395. The van der Waals surface area contributed by atoms with Crippen LogP contribution in [0.2, 0.25) is 15.2 Å². The van der Waals surface area contributed by atoms with Gasteiger partial charge in [-0.15, -0.1) is 0 Å². The maximum atomic E-state index is 13.1. The summed E-state index contributed by atoms with van der Waals surface area (Å²) in [6, 6.07) is 52.2. The molecule has 0 bridgehead atoms. The Labute approximate surface area is 574 Å². The van der Waals surface area contributed by atoms with Gasteiger partial charge in [0.2, 0.25) is 5.52 Å². The van der Waals surface area contributed by atoms with Crippen molar-refractivity contribution in [1.82, 2.24) is 19.9 Å². The van der Waals surface area contributed by atoms with Gasteiger partial charge in [-0.2, -0.15) is 4.73 Å². The molecular weight excluding hydrogens is 1320 g/mol. The van der Waals surface area contributed by atoms with Crippen LogP contribution in [0.25, 0.3) is 87.9 Å². The zero-order valence-electron chi connectivity index (χ0n) is 52.6. The SMILES string of the molecule is CCOC(=O)c1ccc2c(-c3ccc(F)cc3)cc(Cl)nc2c1.CCOC(=O)c1ccc2c(-c3ccc(F)cc3)cc[n+]([O-])c2c1.CCOC(=O)c1ccc2c(-c3ccc(F)cc3)ccnc2c1.CCOC(=O)c1ccc2c(Cl)ccnc2c1.O=C(O)c1ccc2c(Cl)ccnc2c1. The average Bonchev–Trinajstić information content (AvgIpc) is 0.827. The van der Waals surface area contributed by atoms with E-state index in [-0.39, 0.29) is 41.6 Å². The van der Waals surface area contributed by atoms with Crippen LogP contribution in [0.1, 0.15) is 79.5 Å². The van der Waals surface area contributed by atoms with Crippen LogP contribution in [0.3, 0.4) is 0 Å². The summed E-state index contributed by atoms with van der Waals surface area (Å²) in [6.07, 6.45) is 6.21. The van der Waals surface area contributed by atoms with Gasteiger partial charge in [-0.25, -0.2) is 42.1 Å². The van der Waals surface area contributed by atoms with Gasteiger partial charge in [-0.1, -0.05) is 95.5 Å². The molecule has 0 atom stereocenters. The lowest BCUT2D eigenvalue weighted by molar-refractivity contribution is -0.576. The monoisotopic (exact) mass is 1380 g/mol. The molecule has 16 nitrogen and oxygen atoms in total. The Morgan fingerprint density at radius 1 is 0.398 bits per heavy atom. The molecule has 0 aliphatic rings. The van der Waals surface area contributed by atoms with E-state index in [2.05, 4.69) is 19.9 Å². The van der Waals surface area contributed by atoms with Crippen LogP contribution in [0.15, 0.2) is 219 Å². The molecule has 5 heterocycles. The molecule has 0 aliphatic carbocycles. The Morgan fingerprint density at radius 3 is 1.16 bits per heavy atom. The largest absolute Gasteiger partial charge is 0.618 e. The highest BCUT2D eigenvalue weighted by molar-refractivity contribution is 6.35. The van der Waals surface area contributed by atoms with Crippen molar-refractivity contribution < 1.29 is 65.9 Å². The minimum absolute atomic E-state index is 0.215. The first-order chi connectivity index (χ1) is 47.3. The second-order valence-corrected chi connectivity index (χ2v) is 22.1. The van der Waals surface area contributed by atoms with Crippen LogP contribution in [0.4, 0.5) is 13.2 Å². The van der Waals surface area contributed by atoms with Crippen LogP contribution in [-0.2, 0) is 18.9 Å². The van der Waals surface area contributed by atoms with E-state index in [1.165, 1.54) is 60.8 Å². The number of nitrogens with zero attached hydrogens (tertiary/aromatic N) is 5. The lowest BCUT2D eigenvalue weighted by atomic mass is 10.00. The van der Waals surface area contributed by atoms with Crippen molar-refractivity contribution in [2.45, 2.75) is 27.7 Å². The van der Waals surface area contributed by atoms with Gasteiger partial charge in [0.25, 0.3) is 0 Å². The second kappa shape index (κ2) is 33.3. The van der Waals surface area contributed by atoms with E-state index in [9.17, 15) is 42.4 Å². The molecule has 494 valence electrons. The lowest BCUT2D eigenvalue weighted by Crippen LogP contribution is -2.26. The number of hydrogen-bond donors (Lipinski definition) is 1. The van der Waals surface area contributed by atoms with E-state index in [1.54, 1.807) is 174 Å². The molecule has 98 heavy (non-hydrogen) atoms. The minimum Gasteiger partial charge on any atom is -0.618 e. The van der Waals surface area contributed by atoms with Crippen LogP contribution in [0.5, 0.6) is 0 Å². The normalized spacial score (nSPS) is 10.6. The summed E-state index contributed by atoms with van der Waals surface area (Å²) < 4.78 is 59.8. The zero-order valence-corrected chi connectivity index (χ0v) is 54.9. The number of hydrogen-bond acceptors (Lipinski definition) is 14. The zero-order chi connectivity index (χ0) is 70.0. The van der Waals surface area contributed by atoms with Gasteiger partial charge in [0.15, 0.2) is 6.20 Å². The van der Waals surface area contributed by atoms with Crippen LogP contribution >= 0.6 is 34.8 Å². The smallest absolute Gasteiger partial charge is 0.338 e. The highest BCUT2D eigenvalue weighted by Gasteiger charge is 2.18. The Bertz CT molecular complexity index is 5090. The molecule has 0 saturated carbocycles. The molecule has 1 N–H and O–H groups in total. The van der Waals surface area contributed by atoms with Crippen molar-refractivity contribution >= 4 is 119 Å². The number of carbonyl (C=O) groups is 5. The first-order valence-electron chi connectivity index (χ1n) is 30.2. The van der Waals surface area contributed by atoms with Crippen molar-refractivity contribution in [1.29, 1.82) is 0 Å². The Balaban J connectivity index is 0.000000145. The van der Waals surface area contributed by atoms with Gasteiger partial charge in [0, 0.05) is 57.8 Å². The molecular formula is C76H57Cl3F3N5O11. The van der Waals surface area contributed by atoms with E-state index < -0.39 is 17.9 Å². The van der Waals surface area contributed by atoms with E-state index in [1.807, 2.05) is 12.1 Å². The summed E-state index contributed by atoms with van der Waals surface area (Å²) in [6.45, 7) is 8.28. The number of halogens is 6. The molecule has 13 rings (SSSR count). The molecule has 0 saturated heterocycles. The van der Waals surface area contributed by atoms with Gasteiger partial charge in [0.05, 0.1) is 91.7 Å². The summed E-state index contributed by atoms with van der Waals surface area (Å²) in [5.74, 6) is -3.44. The third-order valence-electron chi connectivity index (χ3n) is 14.6. The van der Waals surface area contributed by atoms with Gasteiger partial charge < -0.3 is 29.3 Å². The standard InChI is InChI=1S/C18H13ClFNO2.C18H14FNO3.C18H14FNO2.C12H10ClNO2.C10H6ClNO2/c1-2-23-18(22)12-5-8-14-15(10-17(19)21-16(14)9-12)11-3-6-13(20)7-4-11;1-2-23-18(21)13-5-8-16-15(9-10-20(22)17(16)11-13)12-3-6-14(19)7-4-12;1-2-22-18(21)13-5-8-16-15(9-10-20-17(16)11-13)12-3-6-14(19)7-4-12;1-2-16-12(15)8-3-4-9-10(13)5-6-14-11(9)7-8;11-8-3-4-12-9-5-6(10(13)14)1-2-7(8)9/h3-10H,2H2,1H3;3-11H,2H2,1H3;3-11H,2H2,1H3;3-7H,2H2,1H3;1-5H,(H,13,14). The molecule has 0 unspecified atom stereocenters. The average molecular weight is 1380 g/mol. The fraction of sp³-hybridized carbons (Fsp3) is 0.105. The van der Waals surface area contributed by atoms with Crippen molar-refractivity contribution in [3.63, 3.8) is 0 Å². The number of benzene rings is 8. The minimum atomic E-state index is -0.964. The van der Waals surface area contributed by atoms with Crippen LogP contribution in [0, 0.1) is 22.7 Å². The van der Waals surface area contributed by atoms with E-state index in [0.29, 0.717) is 95.0 Å². The maximum Gasteiger partial charge on any atom is 0.338 e. The van der Waals surface area contributed by atoms with Crippen LogP contribution < -0.4 is 4.73 Å². The number of esters is 4. The Hall–Kier alpha value is -11.4. The summed E-state index contributed by atoms with van der Waals surface area (Å²) >= 11 is 18.0. The summed E-state index contributed by atoms with van der Waals surface area (Å²) in [4.78, 5) is 74.4. The highest BCUT2D eigenvalue weighted by atomic mass is 35.5. The molecule has 5 aromatic heterocycles. The number of rotatable bonds is 12. The molecule has 8 aromatic carbocycles. The fourth-order valence-corrected chi connectivity index (χ4v) is 10.6. The molecule has 0 amide bonds. The lowest BCUT2D eigenvalue weighted by Gasteiger charge is -2.09. The van der Waals surface area contributed by atoms with Crippen molar-refractivity contribution in [3.05, 3.63) is 285 Å². The van der Waals surface area contributed by atoms with Crippen LogP contribution in [-0.4, -0.2) is 81.3 Å². The molecule has 0 aliphatic heterocycles. The third-order valence-corrected chi connectivity index (χ3v) is 15.4. The highest BCUT2D eigenvalue weighted by Crippen LogP contribution is 2.33. The topological polar surface area (TPSA) is 221 Å². The van der Waals surface area contributed by atoms with Crippen molar-refractivity contribution in [2.75, 3.05) is 26.4 Å². The number of carboxylic acids is 1. The predicted molar refractivity (Wildman–Crippen MR) is 372 cm³/mol. The summed E-state index contributed by atoms with van der Waals surface area (Å²) in [5.41, 5.74) is 9.93. The van der Waals surface area contributed by atoms with Gasteiger partial charge >= 0.3 is 29.8 Å². The third kappa shape index (κ3) is 17.7. The van der Waals surface area contributed by atoms with Crippen molar-refractivity contribution in [3.8, 4) is 33.4 Å². The second-order valence-electron chi connectivity index (χ2n) is 20.9. The summed E-state index contributed by atoms with van der Waals surface area (Å²) in [5, 5.41) is 26.3. The number of aromatic carboxylic acids is 1. The maximum absolute atomic E-state index is 13.1. The molecule has 13 aromatic rings. The van der Waals surface area contributed by atoms with E-state index >= 15 is 0 Å². The van der Waals surface area contributed by atoms with Gasteiger partial charge in [0.1, 0.15) is 22.6 Å². The molecule has 0 spiro atoms. The van der Waals surface area contributed by atoms with Gasteiger partial charge in [-0.3, -0.25) is 15.0 Å². The van der Waals surface area contributed by atoms with Crippen molar-refractivity contribution in [2.24, 2.45) is 0 Å². The Kier molecular flexibility index (Phi) is 24.1. The number of carboxylic acid groups (broad SMARTS) is 1. The molecule has 0 fully saturated rings. The van der Waals surface area contributed by atoms with E-state index in [4.69, 9.17) is 58.9 Å². The number of carbonyl (C=O) groups excluding carboxylic acids is 4. The van der Waals surface area contributed by atoms with Gasteiger partial charge in [-0.05, 0) is 177 Å². The number of pyridine rings is 5. The first-order valence-corrected chi connectivity index (χ1v) is 31.3. The van der Waals surface area contributed by atoms with E-state index in [0.717, 1.165) is 54.9 Å². The predicted octanol–water partition coefficient (Wildman–Crippen LogP) is 18.2. The number of ether oxygens (including phenoxy) is 4. The number of fused-ring (bicyclic) bond motifs is 5. The first kappa shape index (κ1) is 70.9. The fourth-order valence-electron chi connectivity index (χ4n) is 9.95. The Morgan fingerprint density at radius 2 is 0.735 bits per heavy atom. The molecule has 22 heteroatoms.